The van der Waals surface area contributed by atoms with Gasteiger partial charge in [-0.15, -0.1) is 0 Å². The van der Waals surface area contributed by atoms with Crippen molar-refractivity contribution >= 4 is 21.6 Å². The summed E-state index contributed by atoms with van der Waals surface area (Å²) >= 11 is 3.33. The van der Waals surface area contributed by atoms with Crippen molar-refractivity contribution in [3.8, 4) is 6.07 Å². The topological polar surface area (TPSA) is 74.7 Å². The van der Waals surface area contributed by atoms with Gasteiger partial charge >= 0.3 is 0 Å². The van der Waals surface area contributed by atoms with E-state index in [2.05, 4.69) is 37.5 Å². The van der Waals surface area contributed by atoms with Crippen LogP contribution in [-0.2, 0) is 6.54 Å². The number of halogens is 1. The highest BCUT2D eigenvalue weighted by Crippen LogP contribution is 2.23. The lowest BCUT2D eigenvalue weighted by atomic mass is 10.2. The number of hydrogen-bond donors (Lipinski definition) is 1. The van der Waals surface area contributed by atoms with E-state index < -0.39 is 0 Å². The van der Waals surface area contributed by atoms with E-state index in [-0.39, 0.29) is 0 Å². The molecule has 5 nitrogen and oxygen atoms in total. The number of rotatable bonds is 3. The minimum absolute atomic E-state index is 0.419. The van der Waals surface area contributed by atoms with Gasteiger partial charge in [-0.05, 0) is 28.1 Å². The molecule has 0 aliphatic carbocycles. The average Bonchev–Trinajstić information content (AvgIpc) is 2.72. The van der Waals surface area contributed by atoms with Gasteiger partial charge in [-0.3, -0.25) is 0 Å². The Hall–Kier alpha value is -1.87. The van der Waals surface area contributed by atoms with Crippen LogP contribution in [0, 0.1) is 18.3 Å². The molecule has 6 heteroatoms. The van der Waals surface area contributed by atoms with Gasteiger partial charge in [-0.2, -0.15) is 10.2 Å². The smallest absolute Gasteiger partial charge is 0.223 e. The molecule has 0 aliphatic rings. The summed E-state index contributed by atoms with van der Waals surface area (Å²) in [6.45, 7) is 2.15. The Morgan fingerprint density at radius 3 is 3.00 bits per heavy atom. The van der Waals surface area contributed by atoms with Crippen LogP contribution in [-0.4, -0.2) is 10.1 Å². The molecule has 0 radical (unpaired) electrons. The fraction of sp³-hybridized carbons (Fsp3) is 0.182. The van der Waals surface area contributed by atoms with Gasteiger partial charge in [0.15, 0.2) is 5.82 Å². The Morgan fingerprint density at radius 1 is 1.53 bits per heavy atom. The van der Waals surface area contributed by atoms with E-state index in [0.29, 0.717) is 23.8 Å². The van der Waals surface area contributed by atoms with Crippen LogP contribution in [0.1, 0.15) is 17.3 Å². The number of aromatic nitrogens is 2. The highest BCUT2D eigenvalue weighted by atomic mass is 79.9. The summed E-state index contributed by atoms with van der Waals surface area (Å²) in [4.78, 5) is 4.07. The molecule has 86 valence electrons. The van der Waals surface area contributed by atoms with Crippen LogP contribution in [0.25, 0.3) is 0 Å². The lowest BCUT2D eigenvalue weighted by Crippen LogP contribution is -2.03. The van der Waals surface area contributed by atoms with Gasteiger partial charge in [0, 0.05) is 11.4 Å². The van der Waals surface area contributed by atoms with Crippen molar-refractivity contribution in [1.82, 2.24) is 10.1 Å². The summed E-state index contributed by atoms with van der Waals surface area (Å²) in [6, 6.07) is 7.64. The quantitative estimate of drug-likeness (QED) is 0.941. The summed E-state index contributed by atoms with van der Waals surface area (Å²) < 4.78 is 5.62. The van der Waals surface area contributed by atoms with E-state index in [9.17, 15) is 0 Å². The number of hydrogen-bond acceptors (Lipinski definition) is 5. The molecule has 0 saturated heterocycles. The zero-order valence-electron chi connectivity index (χ0n) is 9.07. The second-order valence-corrected chi connectivity index (χ2v) is 4.21. The van der Waals surface area contributed by atoms with Crippen molar-refractivity contribution in [2.75, 3.05) is 5.32 Å². The van der Waals surface area contributed by atoms with Crippen LogP contribution in [0.2, 0.25) is 0 Å². The maximum atomic E-state index is 9.03. The molecule has 0 aliphatic heterocycles. The maximum absolute atomic E-state index is 9.03. The van der Waals surface area contributed by atoms with E-state index in [1.54, 1.807) is 6.92 Å². The SMILES string of the molecule is Cc1nc(CNc2cccc(Br)c2C#N)no1. The molecule has 0 spiro atoms. The van der Waals surface area contributed by atoms with Gasteiger partial charge in [0.05, 0.1) is 17.8 Å². The van der Waals surface area contributed by atoms with E-state index in [4.69, 9.17) is 9.78 Å². The standard InChI is InChI=1S/C11H9BrN4O/c1-7-15-11(16-17-7)6-14-10-4-2-3-9(12)8(10)5-13/h2-4,14H,6H2,1H3. The first kappa shape index (κ1) is 11.6. The molecule has 2 aromatic rings. The van der Waals surface area contributed by atoms with E-state index in [1.807, 2.05) is 18.2 Å². The largest absolute Gasteiger partial charge is 0.377 e. The highest BCUT2D eigenvalue weighted by molar-refractivity contribution is 9.10. The third kappa shape index (κ3) is 2.63. The molecule has 0 amide bonds. The molecule has 2 rings (SSSR count). The van der Waals surface area contributed by atoms with Crippen molar-refractivity contribution < 1.29 is 4.52 Å². The zero-order chi connectivity index (χ0) is 12.3. The summed E-state index contributed by atoms with van der Waals surface area (Å²) in [7, 11) is 0. The van der Waals surface area contributed by atoms with Crippen LogP contribution >= 0.6 is 15.9 Å². The number of benzene rings is 1. The molecular formula is C11H9BrN4O. The van der Waals surface area contributed by atoms with Crippen molar-refractivity contribution in [2.24, 2.45) is 0 Å². The molecule has 1 aromatic heterocycles. The predicted molar refractivity (Wildman–Crippen MR) is 65.2 cm³/mol. The number of nitrogens with one attached hydrogen (secondary N) is 1. The Kier molecular flexibility index (Phi) is 3.40. The summed E-state index contributed by atoms with van der Waals surface area (Å²) in [5.74, 6) is 1.09. The molecule has 1 aromatic carbocycles. The molecule has 0 fully saturated rings. The fourth-order valence-corrected chi connectivity index (χ4v) is 1.83. The molecule has 0 atom stereocenters. The van der Waals surface area contributed by atoms with Gasteiger partial charge in [0.1, 0.15) is 6.07 Å². The minimum atomic E-state index is 0.419. The third-order valence-electron chi connectivity index (χ3n) is 2.13. The zero-order valence-corrected chi connectivity index (χ0v) is 10.7. The van der Waals surface area contributed by atoms with Crippen molar-refractivity contribution in [3.63, 3.8) is 0 Å². The number of nitrogens with zero attached hydrogens (tertiary/aromatic N) is 3. The van der Waals surface area contributed by atoms with Crippen molar-refractivity contribution in [2.45, 2.75) is 13.5 Å². The monoisotopic (exact) mass is 292 g/mol. The molecular weight excluding hydrogens is 284 g/mol. The highest BCUT2D eigenvalue weighted by Gasteiger charge is 2.07. The second-order valence-electron chi connectivity index (χ2n) is 3.36. The second kappa shape index (κ2) is 4.97. The van der Waals surface area contributed by atoms with Gasteiger partial charge in [-0.25, -0.2) is 0 Å². The van der Waals surface area contributed by atoms with Crippen LogP contribution in [0.3, 0.4) is 0 Å². The summed E-state index contributed by atoms with van der Waals surface area (Å²) in [6.07, 6.45) is 0. The first-order valence-corrected chi connectivity index (χ1v) is 5.71. The Morgan fingerprint density at radius 2 is 2.35 bits per heavy atom. The maximum Gasteiger partial charge on any atom is 0.223 e. The lowest BCUT2D eigenvalue weighted by Gasteiger charge is -2.06. The van der Waals surface area contributed by atoms with Crippen LogP contribution in [0.5, 0.6) is 0 Å². The average molecular weight is 293 g/mol. The van der Waals surface area contributed by atoms with Gasteiger partial charge < -0.3 is 9.84 Å². The molecule has 0 saturated carbocycles. The predicted octanol–water partition coefficient (Wildman–Crippen LogP) is 2.62. The Balaban J connectivity index is 2.14. The van der Waals surface area contributed by atoms with Crippen molar-refractivity contribution in [3.05, 3.63) is 40.0 Å². The molecule has 0 unspecified atom stereocenters. The molecule has 1 heterocycles. The van der Waals surface area contributed by atoms with Gasteiger partial charge in [0.25, 0.3) is 0 Å². The third-order valence-corrected chi connectivity index (χ3v) is 2.79. The van der Waals surface area contributed by atoms with E-state index >= 15 is 0 Å². The molecule has 1 N–H and O–H groups in total. The normalized spacial score (nSPS) is 9.94. The Bertz CT molecular complexity index is 573. The van der Waals surface area contributed by atoms with Crippen LogP contribution in [0.15, 0.2) is 27.2 Å². The summed E-state index contributed by atoms with van der Waals surface area (Å²) in [5, 5.41) is 15.9. The lowest BCUT2D eigenvalue weighted by molar-refractivity contribution is 0.388. The van der Waals surface area contributed by atoms with E-state index in [0.717, 1.165) is 10.2 Å². The van der Waals surface area contributed by atoms with Gasteiger partial charge in [-0.1, -0.05) is 11.2 Å². The first-order chi connectivity index (χ1) is 8.20. The van der Waals surface area contributed by atoms with Crippen LogP contribution in [0.4, 0.5) is 5.69 Å². The van der Waals surface area contributed by atoms with Gasteiger partial charge in [0.2, 0.25) is 5.89 Å². The minimum Gasteiger partial charge on any atom is -0.377 e. The summed E-state index contributed by atoms with van der Waals surface area (Å²) in [5.41, 5.74) is 1.30. The van der Waals surface area contributed by atoms with E-state index in [1.165, 1.54) is 0 Å². The Labute approximate surface area is 107 Å². The number of anilines is 1. The number of aryl methyl sites for hydroxylation is 1. The fourth-order valence-electron chi connectivity index (χ4n) is 1.37. The van der Waals surface area contributed by atoms with Crippen molar-refractivity contribution in [1.29, 1.82) is 5.26 Å². The van der Waals surface area contributed by atoms with Crippen LogP contribution < -0.4 is 5.32 Å². The molecule has 0 bridgehead atoms. The molecule has 17 heavy (non-hydrogen) atoms. The first-order valence-electron chi connectivity index (χ1n) is 4.92. The number of nitriles is 1.